The predicted molar refractivity (Wildman–Crippen MR) is 132 cm³/mol. The molecule has 0 unspecified atom stereocenters. The number of nitrogens with zero attached hydrogens (tertiary/aromatic N) is 3. The van der Waals surface area contributed by atoms with E-state index in [-0.39, 0.29) is 11.3 Å². The van der Waals surface area contributed by atoms with Crippen molar-refractivity contribution in [2.24, 2.45) is 10.9 Å². The van der Waals surface area contributed by atoms with Crippen LogP contribution in [0, 0.1) is 12.8 Å². The van der Waals surface area contributed by atoms with Crippen molar-refractivity contribution in [2.75, 3.05) is 12.4 Å². The fourth-order valence-corrected chi connectivity index (χ4v) is 4.08. The number of benzene rings is 2. The molecular weight excluding hydrogens is 451 g/mol. The van der Waals surface area contributed by atoms with Crippen LogP contribution in [0.15, 0.2) is 41.4 Å². The predicted octanol–water partition coefficient (Wildman–Crippen LogP) is 7.37. The Morgan fingerprint density at radius 3 is 2.45 bits per heavy atom. The molecule has 0 fully saturated rings. The van der Waals surface area contributed by atoms with E-state index < -0.39 is 0 Å². The molecular formula is C23H26Cl2N4OS. The van der Waals surface area contributed by atoms with Gasteiger partial charge in [0.15, 0.2) is 5.82 Å². The summed E-state index contributed by atoms with van der Waals surface area (Å²) in [7, 11) is 1.77. The van der Waals surface area contributed by atoms with Crippen molar-refractivity contribution >= 4 is 46.3 Å². The first-order chi connectivity index (χ1) is 14.6. The number of anilines is 1. The van der Waals surface area contributed by atoms with Gasteiger partial charge in [0.25, 0.3) is 5.19 Å². The Labute approximate surface area is 197 Å². The SMILES string of the molecule is CN=C(Nc1cc(Cl)c(Oc2nc(C(C)(C)c3ccc(Cl)cc3)ns2)cc1C)C(C)C. The molecule has 3 rings (SSSR count). The van der Waals surface area contributed by atoms with E-state index in [4.69, 9.17) is 27.9 Å². The van der Waals surface area contributed by atoms with Gasteiger partial charge in [-0.1, -0.05) is 49.2 Å². The van der Waals surface area contributed by atoms with E-state index in [1.165, 1.54) is 11.5 Å². The molecule has 0 aliphatic carbocycles. The molecule has 0 amide bonds. The molecule has 0 aliphatic rings. The number of halogens is 2. The van der Waals surface area contributed by atoms with E-state index >= 15 is 0 Å². The van der Waals surface area contributed by atoms with Gasteiger partial charge < -0.3 is 10.1 Å². The Bertz CT molecular complexity index is 1090. The van der Waals surface area contributed by atoms with Crippen molar-refractivity contribution in [2.45, 2.75) is 40.0 Å². The number of rotatable bonds is 6. The van der Waals surface area contributed by atoms with Crippen molar-refractivity contribution in [3.05, 3.63) is 63.4 Å². The van der Waals surface area contributed by atoms with E-state index in [1.54, 1.807) is 7.05 Å². The zero-order valence-electron chi connectivity index (χ0n) is 18.5. The largest absolute Gasteiger partial charge is 0.428 e. The van der Waals surface area contributed by atoms with Gasteiger partial charge in [0.05, 0.1) is 10.4 Å². The quantitative estimate of drug-likeness (QED) is 0.298. The molecule has 31 heavy (non-hydrogen) atoms. The van der Waals surface area contributed by atoms with E-state index in [9.17, 15) is 0 Å². The fourth-order valence-electron chi connectivity index (χ4n) is 3.06. The lowest BCUT2D eigenvalue weighted by molar-refractivity contribution is 0.471. The first-order valence-electron chi connectivity index (χ1n) is 9.93. The molecule has 0 saturated heterocycles. The van der Waals surface area contributed by atoms with Gasteiger partial charge in [-0.2, -0.15) is 9.36 Å². The lowest BCUT2D eigenvalue weighted by Crippen LogP contribution is -2.20. The molecule has 164 valence electrons. The minimum Gasteiger partial charge on any atom is -0.428 e. The maximum absolute atomic E-state index is 6.50. The van der Waals surface area contributed by atoms with Crippen LogP contribution in [0.5, 0.6) is 10.9 Å². The standard InChI is InChI=1S/C23H26Cl2N4OS/c1-13(2)20(26-6)27-18-12-17(25)19(11-14(18)3)30-22-28-21(29-31-22)23(4,5)15-7-9-16(24)10-8-15/h7-13H,1-6H3,(H,26,27). The number of aliphatic imine (C=N–C) groups is 1. The highest BCUT2D eigenvalue weighted by atomic mass is 35.5. The highest BCUT2D eigenvalue weighted by Crippen LogP contribution is 2.37. The number of amidine groups is 1. The molecule has 5 nitrogen and oxygen atoms in total. The number of hydrogen-bond donors (Lipinski definition) is 1. The third-order valence-corrected chi connectivity index (χ3v) is 6.20. The fraction of sp³-hybridized carbons (Fsp3) is 0.348. The molecule has 1 heterocycles. The van der Waals surface area contributed by atoms with Crippen LogP contribution in [0.3, 0.4) is 0 Å². The van der Waals surface area contributed by atoms with Crippen molar-refractivity contribution in [1.29, 1.82) is 0 Å². The summed E-state index contributed by atoms with van der Waals surface area (Å²) in [6.07, 6.45) is 0. The Morgan fingerprint density at radius 2 is 1.84 bits per heavy atom. The van der Waals surface area contributed by atoms with Crippen LogP contribution in [-0.4, -0.2) is 22.2 Å². The Kier molecular flexibility index (Phi) is 7.24. The van der Waals surface area contributed by atoms with Crippen LogP contribution >= 0.6 is 34.7 Å². The summed E-state index contributed by atoms with van der Waals surface area (Å²) < 4.78 is 10.5. The normalized spacial score (nSPS) is 12.4. The summed E-state index contributed by atoms with van der Waals surface area (Å²) >= 11 is 13.7. The summed E-state index contributed by atoms with van der Waals surface area (Å²) in [4.78, 5) is 8.92. The Morgan fingerprint density at radius 1 is 1.16 bits per heavy atom. The minimum absolute atomic E-state index is 0.280. The van der Waals surface area contributed by atoms with Crippen LogP contribution in [0.1, 0.15) is 44.6 Å². The van der Waals surface area contributed by atoms with Crippen LogP contribution in [0.4, 0.5) is 5.69 Å². The van der Waals surface area contributed by atoms with E-state index in [0.717, 1.165) is 22.6 Å². The maximum atomic E-state index is 6.50. The number of hydrogen-bond acceptors (Lipinski definition) is 5. The molecule has 0 atom stereocenters. The number of aryl methyl sites for hydroxylation is 1. The van der Waals surface area contributed by atoms with Gasteiger partial charge in [-0.05, 0) is 56.2 Å². The average Bonchev–Trinajstić information content (AvgIpc) is 3.19. The third kappa shape index (κ3) is 5.37. The average molecular weight is 477 g/mol. The van der Waals surface area contributed by atoms with Gasteiger partial charge in [0.2, 0.25) is 0 Å². The second-order valence-electron chi connectivity index (χ2n) is 8.10. The molecule has 0 bridgehead atoms. The summed E-state index contributed by atoms with van der Waals surface area (Å²) in [6, 6.07) is 11.5. The third-order valence-electron chi connectivity index (χ3n) is 5.06. The second-order valence-corrected chi connectivity index (χ2v) is 9.66. The summed E-state index contributed by atoms with van der Waals surface area (Å²) in [5.41, 5.74) is 2.58. The highest BCUT2D eigenvalue weighted by Gasteiger charge is 2.28. The lowest BCUT2D eigenvalue weighted by atomic mass is 9.84. The number of ether oxygens (including phenoxy) is 1. The van der Waals surface area contributed by atoms with Crippen molar-refractivity contribution in [3.63, 3.8) is 0 Å². The van der Waals surface area contributed by atoms with E-state index in [0.29, 0.717) is 26.8 Å². The molecule has 2 aromatic carbocycles. The van der Waals surface area contributed by atoms with Crippen LogP contribution < -0.4 is 10.1 Å². The van der Waals surface area contributed by atoms with E-state index in [2.05, 4.69) is 47.4 Å². The molecule has 1 aromatic heterocycles. The first kappa shape index (κ1) is 23.5. The van der Waals surface area contributed by atoms with E-state index in [1.807, 2.05) is 43.3 Å². The van der Waals surface area contributed by atoms with Crippen molar-refractivity contribution in [3.8, 4) is 10.9 Å². The van der Waals surface area contributed by atoms with Crippen LogP contribution in [0.2, 0.25) is 10.0 Å². The van der Waals surface area contributed by atoms with Gasteiger partial charge in [0, 0.05) is 35.2 Å². The molecule has 1 N–H and O–H groups in total. The number of nitrogens with one attached hydrogen (secondary N) is 1. The lowest BCUT2D eigenvalue weighted by Gasteiger charge is -2.21. The van der Waals surface area contributed by atoms with Gasteiger partial charge in [-0.15, -0.1) is 0 Å². The summed E-state index contributed by atoms with van der Waals surface area (Å²) in [5.74, 6) is 2.40. The molecule has 0 radical (unpaired) electrons. The van der Waals surface area contributed by atoms with Gasteiger partial charge >= 0.3 is 0 Å². The van der Waals surface area contributed by atoms with Gasteiger partial charge in [-0.25, -0.2) is 0 Å². The van der Waals surface area contributed by atoms with Crippen molar-refractivity contribution in [1.82, 2.24) is 9.36 Å². The van der Waals surface area contributed by atoms with Gasteiger partial charge in [-0.3, -0.25) is 4.99 Å². The Balaban J connectivity index is 1.82. The van der Waals surface area contributed by atoms with Crippen LogP contribution in [-0.2, 0) is 5.41 Å². The van der Waals surface area contributed by atoms with Crippen LogP contribution in [0.25, 0.3) is 0 Å². The molecule has 0 aliphatic heterocycles. The Hall–Kier alpha value is -2.15. The smallest absolute Gasteiger partial charge is 0.298 e. The second kappa shape index (κ2) is 9.55. The maximum Gasteiger partial charge on any atom is 0.298 e. The highest BCUT2D eigenvalue weighted by molar-refractivity contribution is 7.07. The zero-order valence-corrected chi connectivity index (χ0v) is 20.8. The zero-order chi connectivity index (χ0) is 22.8. The molecule has 8 heteroatoms. The summed E-state index contributed by atoms with van der Waals surface area (Å²) in [6.45, 7) is 10.3. The molecule has 0 spiro atoms. The number of aromatic nitrogens is 2. The summed E-state index contributed by atoms with van der Waals surface area (Å²) in [5, 5.41) is 4.98. The topological polar surface area (TPSA) is 59.4 Å². The van der Waals surface area contributed by atoms with Gasteiger partial charge in [0.1, 0.15) is 11.6 Å². The first-order valence-corrected chi connectivity index (χ1v) is 11.5. The monoisotopic (exact) mass is 476 g/mol. The molecule has 0 saturated carbocycles. The minimum atomic E-state index is -0.386. The molecule has 3 aromatic rings. The van der Waals surface area contributed by atoms with Crippen molar-refractivity contribution < 1.29 is 4.74 Å².